The number of likely N-dealkylation sites (tertiary alicyclic amines) is 1. The Morgan fingerprint density at radius 3 is 2.42 bits per heavy atom. The van der Waals surface area contributed by atoms with E-state index in [9.17, 15) is 0 Å². The molecule has 0 aromatic carbocycles. The minimum Gasteiger partial charge on any atom is -0.356 e. The lowest BCUT2D eigenvalue weighted by Crippen LogP contribution is -2.45. The van der Waals surface area contributed by atoms with Crippen LogP contribution in [0.1, 0.15) is 89.9 Å². The van der Waals surface area contributed by atoms with Gasteiger partial charge in [0.25, 0.3) is 0 Å². The van der Waals surface area contributed by atoms with Crippen LogP contribution in [0.5, 0.6) is 0 Å². The molecule has 0 bridgehead atoms. The lowest BCUT2D eigenvalue weighted by Gasteiger charge is -2.37. The lowest BCUT2D eigenvalue weighted by molar-refractivity contribution is 0.131. The Bertz CT molecular complexity index is 681. The number of anilines is 2. The molecular weight excluding hydrogens is 408 g/mol. The normalized spacial score (nSPS) is 25.5. The topological polar surface area (TPSA) is 47.5 Å². The van der Waals surface area contributed by atoms with Crippen molar-refractivity contribution in [2.45, 2.75) is 108 Å². The predicted octanol–water partition coefficient (Wildman–Crippen LogP) is 5.17. The minimum atomic E-state index is 0.472. The molecular formula is C27H48N6. The summed E-state index contributed by atoms with van der Waals surface area (Å²) in [6.45, 7) is 4.70. The molecule has 186 valence electrons. The van der Waals surface area contributed by atoms with E-state index in [4.69, 9.17) is 4.98 Å². The molecule has 0 unspecified atom stereocenters. The molecule has 0 spiro atoms. The van der Waals surface area contributed by atoms with Crippen LogP contribution in [-0.2, 0) is 0 Å². The van der Waals surface area contributed by atoms with Crippen LogP contribution in [0.25, 0.3) is 0 Å². The highest BCUT2D eigenvalue weighted by atomic mass is 15.3. The van der Waals surface area contributed by atoms with Crippen LogP contribution < -0.4 is 10.2 Å². The fraction of sp³-hybridized carbons (Fsp3) is 0.852. The molecule has 4 rings (SSSR count). The van der Waals surface area contributed by atoms with Crippen molar-refractivity contribution in [1.82, 2.24) is 19.8 Å². The van der Waals surface area contributed by atoms with Gasteiger partial charge in [0, 0.05) is 44.0 Å². The van der Waals surface area contributed by atoms with Crippen molar-refractivity contribution < 1.29 is 0 Å². The highest BCUT2D eigenvalue weighted by Crippen LogP contribution is 2.33. The molecule has 0 amide bonds. The monoisotopic (exact) mass is 456 g/mol. The van der Waals surface area contributed by atoms with Crippen molar-refractivity contribution in [2.24, 2.45) is 0 Å². The van der Waals surface area contributed by atoms with Crippen LogP contribution in [0.3, 0.4) is 0 Å². The van der Waals surface area contributed by atoms with E-state index in [0.717, 1.165) is 30.9 Å². The van der Waals surface area contributed by atoms with Crippen molar-refractivity contribution in [2.75, 3.05) is 50.5 Å². The molecule has 1 aliphatic carbocycles. The zero-order chi connectivity index (χ0) is 22.9. The third-order valence-corrected chi connectivity index (χ3v) is 8.12. The molecule has 2 saturated heterocycles. The van der Waals surface area contributed by atoms with Gasteiger partial charge in [-0.05, 0) is 71.7 Å². The summed E-state index contributed by atoms with van der Waals surface area (Å²) in [5.41, 5.74) is 0. The molecule has 0 radical (unpaired) electrons. The fourth-order valence-electron chi connectivity index (χ4n) is 6.30. The van der Waals surface area contributed by atoms with Crippen molar-refractivity contribution in [3.63, 3.8) is 0 Å². The Morgan fingerprint density at radius 1 is 0.909 bits per heavy atom. The summed E-state index contributed by atoms with van der Waals surface area (Å²) >= 11 is 0. The third kappa shape index (κ3) is 7.29. The van der Waals surface area contributed by atoms with E-state index in [1.54, 1.807) is 0 Å². The summed E-state index contributed by atoms with van der Waals surface area (Å²) in [6.07, 6.45) is 20.7. The van der Waals surface area contributed by atoms with Crippen molar-refractivity contribution in [1.29, 1.82) is 0 Å². The van der Waals surface area contributed by atoms with Gasteiger partial charge in [-0.3, -0.25) is 4.90 Å². The number of nitrogens with one attached hydrogen (secondary N) is 1. The van der Waals surface area contributed by atoms with Crippen LogP contribution in [0.4, 0.5) is 11.8 Å². The van der Waals surface area contributed by atoms with Gasteiger partial charge in [0.1, 0.15) is 5.82 Å². The smallest absolute Gasteiger partial charge is 0.224 e. The number of aromatic nitrogens is 2. The molecule has 1 aromatic heterocycles. The maximum Gasteiger partial charge on any atom is 0.224 e. The molecule has 1 aromatic rings. The SMILES string of the molecule is CN(C)CCCCC[C@@H]1[C@@H](Nc2nccc(N3CCCCCC3)n2)CCN1C1CCCCC1. The average molecular weight is 457 g/mol. The summed E-state index contributed by atoms with van der Waals surface area (Å²) in [5, 5.41) is 3.82. The summed E-state index contributed by atoms with van der Waals surface area (Å²) < 4.78 is 0. The Hall–Kier alpha value is -1.40. The Kier molecular flexibility index (Phi) is 9.66. The van der Waals surface area contributed by atoms with Crippen molar-refractivity contribution in [3.8, 4) is 0 Å². The first-order valence-electron chi connectivity index (χ1n) is 14.0. The van der Waals surface area contributed by atoms with Gasteiger partial charge in [0.05, 0.1) is 0 Å². The number of hydrogen-bond donors (Lipinski definition) is 1. The number of nitrogens with zero attached hydrogens (tertiary/aromatic N) is 5. The Labute approximate surface area is 202 Å². The van der Waals surface area contributed by atoms with Gasteiger partial charge >= 0.3 is 0 Å². The molecule has 1 N–H and O–H groups in total. The number of unbranched alkanes of at least 4 members (excludes halogenated alkanes) is 2. The first kappa shape index (κ1) is 24.7. The van der Waals surface area contributed by atoms with Crippen LogP contribution in [0.2, 0.25) is 0 Å². The van der Waals surface area contributed by atoms with Gasteiger partial charge in [0.15, 0.2) is 0 Å². The van der Waals surface area contributed by atoms with E-state index >= 15 is 0 Å². The second kappa shape index (κ2) is 12.9. The highest BCUT2D eigenvalue weighted by molar-refractivity contribution is 5.43. The first-order chi connectivity index (χ1) is 16.2. The first-order valence-corrected chi connectivity index (χ1v) is 14.0. The summed E-state index contributed by atoms with van der Waals surface area (Å²) in [7, 11) is 4.36. The van der Waals surface area contributed by atoms with Crippen LogP contribution in [-0.4, -0.2) is 78.2 Å². The van der Waals surface area contributed by atoms with Crippen LogP contribution >= 0.6 is 0 Å². The van der Waals surface area contributed by atoms with E-state index in [-0.39, 0.29) is 0 Å². The largest absolute Gasteiger partial charge is 0.356 e. The van der Waals surface area contributed by atoms with Gasteiger partial charge in [-0.15, -0.1) is 0 Å². The fourth-order valence-corrected chi connectivity index (χ4v) is 6.30. The molecule has 1 saturated carbocycles. The maximum atomic E-state index is 4.98. The molecule has 2 atom stereocenters. The zero-order valence-corrected chi connectivity index (χ0v) is 21.4. The summed E-state index contributed by atoms with van der Waals surface area (Å²) in [5.74, 6) is 1.95. The number of rotatable bonds is 10. The highest BCUT2D eigenvalue weighted by Gasteiger charge is 2.38. The van der Waals surface area contributed by atoms with E-state index < -0.39 is 0 Å². The van der Waals surface area contributed by atoms with E-state index in [2.05, 4.69) is 45.2 Å². The number of hydrogen-bond acceptors (Lipinski definition) is 6. The molecule has 6 nitrogen and oxygen atoms in total. The summed E-state index contributed by atoms with van der Waals surface area (Å²) in [6, 6.07) is 3.99. The lowest BCUT2D eigenvalue weighted by atomic mass is 9.92. The Morgan fingerprint density at radius 2 is 1.67 bits per heavy atom. The van der Waals surface area contributed by atoms with Gasteiger partial charge in [0.2, 0.25) is 5.95 Å². The van der Waals surface area contributed by atoms with Crippen LogP contribution in [0.15, 0.2) is 12.3 Å². The molecule has 2 aliphatic heterocycles. The molecule has 6 heteroatoms. The average Bonchev–Trinajstić information content (AvgIpc) is 3.03. The summed E-state index contributed by atoms with van der Waals surface area (Å²) in [4.78, 5) is 17.3. The van der Waals surface area contributed by atoms with Crippen molar-refractivity contribution in [3.05, 3.63) is 12.3 Å². The maximum absolute atomic E-state index is 4.98. The quantitative estimate of drug-likeness (QED) is 0.490. The van der Waals surface area contributed by atoms with Gasteiger partial charge in [-0.2, -0.15) is 4.98 Å². The third-order valence-electron chi connectivity index (χ3n) is 8.12. The van der Waals surface area contributed by atoms with Gasteiger partial charge < -0.3 is 15.1 Å². The van der Waals surface area contributed by atoms with E-state index in [1.165, 1.54) is 103 Å². The molecule has 33 heavy (non-hydrogen) atoms. The molecule has 3 fully saturated rings. The second-order valence-corrected chi connectivity index (χ2v) is 10.9. The van der Waals surface area contributed by atoms with Crippen molar-refractivity contribution >= 4 is 11.8 Å². The molecule has 3 heterocycles. The predicted molar refractivity (Wildman–Crippen MR) is 139 cm³/mol. The van der Waals surface area contributed by atoms with E-state index in [1.807, 2.05) is 6.20 Å². The van der Waals surface area contributed by atoms with E-state index in [0.29, 0.717) is 12.1 Å². The minimum absolute atomic E-state index is 0.472. The molecule has 3 aliphatic rings. The van der Waals surface area contributed by atoms with Gasteiger partial charge in [-0.25, -0.2) is 4.98 Å². The zero-order valence-electron chi connectivity index (χ0n) is 21.4. The van der Waals surface area contributed by atoms with Crippen LogP contribution in [0, 0.1) is 0 Å². The Balaban J connectivity index is 1.39. The van der Waals surface area contributed by atoms with Gasteiger partial charge in [-0.1, -0.05) is 44.9 Å². The standard InChI is InChI=1S/C27H48N6/c1-31(2)19-10-6-9-15-25-24(17-22-33(25)23-13-7-5-8-14-23)29-27-28-18-16-26(30-27)32-20-11-3-4-12-21-32/h16,18,23-25H,3-15,17,19-22H2,1-2H3,(H,28,29,30)/t24-,25+/m0/s1. The second-order valence-electron chi connectivity index (χ2n) is 10.9.